The molecule has 0 spiro atoms. The molecular formula is C16H31Cl2N3O. The molecule has 22 heavy (non-hydrogen) atoms. The molecule has 2 saturated heterocycles. The number of carbonyl (C=O) groups is 1. The van der Waals surface area contributed by atoms with Crippen LogP contribution >= 0.6 is 24.8 Å². The summed E-state index contributed by atoms with van der Waals surface area (Å²) in [6, 6.07) is 0.733. The lowest BCUT2D eigenvalue weighted by Crippen LogP contribution is -2.43. The number of halogens is 2. The van der Waals surface area contributed by atoms with Gasteiger partial charge in [-0.05, 0) is 57.5 Å². The van der Waals surface area contributed by atoms with E-state index in [2.05, 4.69) is 9.80 Å². The fourth-order valence-electron chi connectivity index (χ4n) is 4.28. The maximum absolute atomic E-state index is 12.6. The van der Waals surface area contributed by atoms with E-state index in [4.69, 9.17) is 5.73 Å². The summed E-state index contributed by atoms with van der Waals surface area (Å²) in [6.07, 6.45) is 9.19. The second-order valence-electron chi connectivity index (χ2n) is 6.95. The normalized spacial score (nSPS) is 31.9. The Morgan fingerprint density at radius 1 is 0.955 bits per heavy atom. The zero-order valence-electron chi connectivity index (χ0n) is 13.4. The molecule has 3 aliphatic rings. The van der Waals surface area contributed by atoms with Crippen LogP contribution in [-0.4, -0.2) is 54.0 Å². The van der Waals surface area contributed by atoms with Crippen LogP contribution in [0, 0.1) is 5.92 Å². The summed E-state index contributed by atoms with van der Waals surface area (Å²) in [7, 11) is 0. The molecule has 0 aromatic carbocycles. The summed E-state index contributed by atoms with van der Waals surface area (Å²) >= 11 is 0. The summed E-state index contributed by atoms with van der Waals surface area (Å²) < 4.78 is 0. The monoisotopic (exact) mass is 351 g/mol. The Kier molecular flexibility index (Phi) is 8.47. The highest BCUT2D eigenvalue weighted by molar-refractivity contribution is 5.85. The quantitative estimate of drug-likeness (QED) is 0.846. The molecule has 2 aliphatic heterocycles. The second-order valence-corrected chi connectivity index (χ2v) is 6.95. The van der Waals surface area contributed by atoms with Crippen LogP contribution in [0.1, 0.15) is 51.4 Å². The third kappa shape index (κ3) is 4.73. The molecule has 3 rings (SSSR count). The molecule has 3 atom stereocenters. The highest BCUT2D eigenvalue weighted by atomic mass is 35.5. The number of nitrogens with two attached hydrogens (primary N) is 1. The SMILES string of the molecule is Cl.Cl.N[C@@H]1CCC[C@H]1CC(=O)N1CCCC1CN1CCCC1. The van der Waals surface area contributed by atoms with Gasteiger partial charge in [-0.15, -0.1) is 24.8 Å². The fraction of sp³-hybridized carbons (Fsp3) is 0.938. The van der Waals surface area contributed by atoms with Crippen LogP contribution in [0.4, 0.5) is 0 Å². The molecule has 1 amide bonds. The van der Waals surface area contributed by atoms with Gasteiger partial charge in [-0.25, -0.2) is 0 Å². The Labute approximate surface area is 147 Å². The van der Waals surface area contributed by atoms with E-state index >= 15 is 0 Å². The van der Waals surface area contributed by atoms with Crippen molar-refractivity contribution >= 4 is 30.7 Å². The van der Waals surface area contributed by atoms with Crippen molar-refractivity contribution in [3.63, 3.8) is 0 Å². The van der Waals surface area contributed by atoms with Gasteiger partial charge < -0.3 is 15.5 Å². The Morgan fingerprint density at radius 2 is 1.68 bits per heavy atom. The number of amides is 1. The van der Waals surface area contributed by atoms with Gasteiger partial charge in [-0.2, -0.15) is 0 Å². The predicted molar refractivity (Wildman–Crippen MR) is 94.8 cm³/mol. The summed E-state index contributed by atoms with van der Waals surface area (Å²) in [5.74, 6) is 0.810. The molecule has 0 bridgehead atoms. The summed E-state index contributed by atoms with van der Waals surface area (Å²) in [5.41, 5.74) is 6.11. The Morgan fingerprint density at radius 3 is 2.32 bits per heavy atom. The van der Waals surface area contributed by atoms with E-state index in [0.717, 1.165) is 25.9 Å². The molecule has 130 valence electrons. The summed E-state index contributed by atoms with van der Waals surface area (Å²) in [4.78, 5) is 17.3. The summed E-state index contributed by atoms with van der Waals surface area (Å²) in [6.45, 7) is 4.53. The van der Waals surface area contributed by atoms with Gasteiger partial charge in [0.25, 0.3) is 0 Å². The van der Waals surface area contributed by atoms with Crippen LogP contribution < -0.4 is 5.73 Å². The van der Waals surface area contributed by atoms with Gasteiger partial charge in [0.1, 0.15) is 0 Å². The fourth-order valence-corrected chi connectivity index (χ4v) is 4.28. The maximum Gasteiger partial charge on any atom is 0.223 e. The van der Waals surface area contributed by atoms with Crippen molar-refractivity contribution in [3.05, 3.63) is 0 Å². The largest absolute Gasteiger partial charge is 0.338 e. The minimum absolute atomic E-state index is 0. The van der Waals surface area contributed by atoms with Crippen molar-refractivity contribution in [2.75, 3.05) is 26.2 Å². The van der Waals surface area contributed by atoms with Gasteiger partial charge in [0.15, 0.2) is 0 Å². The Balaban J connectivity index is 0.00000121. The standard InChI is InChI=1S/C16H29N3O.2ClH/c17-15-7-3-5-13(15)11-16(20)19-10-4-6-14(19)12-18-8-1-2-9-18;;/h13-15H,1-12,17H2;2*1H/t13-,14?,15+;;/m0../s1. The van der Waals surface area contributed by atoms with Crippen molar-refractivity contribution in [2.24, 2.45) is 11.7 Å². The van der Waals surface area contributed by atoms with Gasteiger partial charge in [-0.1, -0.05) is 6.42 Å². The molecule has 0 radical (unpaired) electrons. The predicted octanol–water partition coefficient (Wildman–Crippen LogP) is 2.43. The number of hydrogen-bond donors (Lipinski definition) is 1. The number of carbonyl (C=O) groups excluding carboxylic acids is 1. The van der Waals surface area contributed by atoms with Gasteiger partial charge >= 0.3 is 0 Å². The Bertz CT molecular complexity index is 350. The average Bonchev–Trinajstić information content (AvgIpc) is 3.14. The lowest BCUT2D eigenvalue weighted by Gasteiger charge is -2.29. The second kappa shape index (κ2) is 9.31. The van der Waals surface area contributed by atoms with Crippen LogP contribution in [0.25, 0.3) is 0 Å². The number of likely N-dealkylation sites (tertiary alicyclic amines) is 2. The minimum Gasteiger partial charge on any atom is -0.338 e. The highest BCUT2D eigenvalue weighted by Gasteiger charge is 2.33. The van der Waals surface area contributed by atoms with E-state index in [1.165, 1.54) is 45.2 Å². The molecule has 1 saturated carbocycles. The lowest BCUT2D eigenvalue weighted by atomic mass is 9.99. The van der Waals surface area contributed by atoms with Crippen molar-refractivity contribution in [2.45, 2.75) is 63.5 Å². The molecular weight excluding hydrogens is 321 g/mol. The first-order valence-corrected chi connectivity index (χ1v) is 8.51. The molecule has 1 aliphatic carbocycles. The first-order valence-electron chi connectivity index (χ1n) is 8.51. The smallest absolute Gasteiger partial charge is 0.223 e. The number of nitrogens with zero attached hydrogens (tertiary/aromatic N) is 2. The van der Waals surface area contributed by atoms with Gasteiger partial charge in [0.2, 0.25) is 5.91 Å². The van der Waals surface area contributed by atoms with Crippen LogP contribution in [0.2, 0.25) is 0 Å². The molecule has 6 heteroatoms. The zero-order valence-corrected chi connectivity index (χ0v) is 15.0. The Hall–Kier alpha value is -0.0300. The van der Waals surface area contributed by atoms with Gasteiger partial charge in [0.05, 0.1) is 0 Å². The molecule has 2 heterocycles. The van der Waals surface area contributed by atoms with Crippen molar-refractivity contribution in [1.82, 2.24) is 9.80 Å². The summed E-state index contributed by atoms with van der Waals surface area (Å²) in [5, 5.41) is 0. The van der Waals surface area contributed by atoms with E-state index in [1.54, 1.807) is 0 Å². The minimum atomic E-state index is 0. The average molecular weight is 352 g/mol. The van der Waals surface area contributed by atoms with E-state index in [0.29, 0.717) is 24.3 Å². The van der Waals surface area contributed by atoms with Gasteiger partial charge in [-0.3, -0.25) is 4.79 Å². The number of hydrogen-bond acceptors (Lipinski definition) is 3. The van der Waals surface area contributed by atoms with E-state index in [-0.39, 0.29) is 30.9 Å². The number of rotatable bonds is 4. The molecule has 2 N–H and O–H groups in total. The van der Waals surface area contributed by atoms with Crippen molar-refractivity contribution in [3.8, 4) is 0 Å². The lowest BCUT2D eigenvalue weighted by molar-refractivity contribution is -0.133. The van der Waals surface area contributed by atoms with Crippen LogP contribution in [0.15, 0.2) is 0 Å². The highest BCUT2D eigenvalue weighted by Crippen LogP contribution is 2.29. The van der Waals surface area contributed by atoms with E-state index < -0.39 is 0 Å². The van der Waals surface area contributed by atoms with E-state index in [1.807, 2.05) is 0 Å². The zero-order chi connectivity index (χ0) is 13.9. The van der Waals surface area contributed by atoms with Crippen LogP contribution in [0.5, 0.6) is 0 Å². The molecule has 3 fully saturated rings. The van der Waals surface area contributed by atoms with Crippen molar-refractivity contribution < 1.29 is 4.79 Å². The first kappa shape index (κ1) is 20.0. The molecule has 0 aromatic heterocycles. The van der Waals surface area contributed by atoms with Crippen LogP contribution in [0.3, 0.4) is 0 Å². The maximum atomic E-state index is 12.6. The van der Waals surface area contributed by atoms with E-state index in [9.17, 15) is 4.79 Å². The van der Waals surface area contributed by atoms with Gasteiger partial charge in [0, 0.05) is 31.6 Å². The topological polar surface area (TPSA) is 49.6 Å². The van der Waals surface area contributed by atoms with Crippen molar-refractivity contribution in [1.29, 1.82) is 0 Å². The third-order valence-electron chi connectivity index (χ3n) is 5.52. The third-order valence-corrected chi connectivity index (χ3v) is 5.52. The molecule has 1 unspecified atom stereocenters. The molecule has 0 aromatic rings. The molecule has 4 nitrogen and oxygen atoms in total. The first-order chi connectivity index (χ1) is 9.74. The van der Waals surface area contributed by atoms with Crippen LogP contribution in [-0.2, 0) is 4.79 Å².